The third-order valence-corrected chi connectivity index (χ3v) is 4.34. The van der Waals surface area contributed by atoms with E-state index in [1.54, 1.807) is 6.20 Å². The van der Waals surface area contributed by atoms with Gasteiger partial charge in [-0.3, -0.25) is 9.59 Å². The van der Waals surface area contributed by atoms with Gasteiger partial charge in [-0.25, -0.2) is 4.79 Å². The highest BCUT2D eigenvalue weighted by atomic mass is 16.4. The summed E-state index contributed by atoms with van der Waals surface area (Å²) in [5.41, 5.74) is 1.86. The van der Waals surface area contributed by atoms with Crippen molar-refractivity contribution in [3.05, 3.63) is 117 Å². The Kier molecular flexibility index (Phi) is 6.04. The van der Waals surface area contributed by atoms with Crippen LogP contribution in [0.4, 0.5) is 0 Å². The first-order valence-electron chi connectivity index (χ1n) is 8.93. The fraction of sp³-hybridized carbons (Fsp3) is 0.0870. The number of nitrogens with zero attached hydrogens (tertiary/aromatic N) is 1. The van der Waals surface area contributed by atoms with E-state index >= 15 is 0 Å². The lowest BCUT2D eigenvalue weighted by Gasteiger charge is -2.11. The molecule has 0 saturated carbocycles. The Labute approximate surface area is 167 Å². The molecule has 2 N–H and O–H groups in total. The summed E-state index contributed by atoms with van der Waals surface area (Å²) < 4.78 is 1.42. The van der Waals surface area contributed by atoms with E-state index in [2.05, 4.69) is 0 Å². The molecule has 6 nitrogen and oxygen atoms in total. The second-order valence-electron chi connectivity index (χ2n) is 6.54. The van der Waals surface area contributed by atoms with Gasteiger partial charge in [0.1, 0.15) is 0 Å². The Morgan fingerprint density at radius 1 is 0.862 bits per heavy atom. The topological polar surface area (TPSA) is 96.6 Å². The first kappa shape index (κ1) is 19.8. The number of aliphatic hydroxyl groups excluding tert-OH is 1. The summed E-state index contributed by atoms with van der Waals surface area (Å²) in [6, 6.07) is 20.3. The summed E-state index contributed by atoms with van der Waals surface area (Å²) in [6.07, 6.45) is 2.74. The molecule has 0 aliphatic carbocycles. The molecule has 146 valence electrons. The number of aromatic nitrogens is 1. The summed E-state index contributed by atoms with van der Waals surface area (Å²) >= 11 is 0. The predicted octanol–water partition coefficient (Wildman–Crippen LogP) is 3.20. The van der Waals surface area contributed by atoms with E-state index in [4.69, 9.17) is 5.11 Å². The summed E-state index contributed by atoms with van der Waals surface area (Å²) in [4.78, 5) is 36.1. The first-order valence-corrected chi connectivity index (χ1v) is 8.93. The molecule has 29 heavy (non-hydrogen) atoms. The number of ketones is 1. The van der Waals surface area contributed by atoms with Crippen molar-refractivity contribution >= 4 is 11.8 Å². The van der Waals surface area contributed by atoms with Crippen LogP contribution < -0.4 is 5.56 Å². The standard InChI is InChI=1S/C23H19NO5/c25-20(13-21(26)23(28)29)19-12-18(11-16-7-3-1-4-8-16)15-24(22(19)27)14-17-9-5-2-6-10-17/h1-10,12-13,15,26H,11,14H2,(H,28,29). The zero-order valence-electron chi connectivity index (χ0n) is 15.5. The molecule has 0 atom stereocenters. The molecule has 3 aromatic rings. The molecule has 0 saturated heterocycles. The number of benzene rings is 2. The molecular formula is C23H19NO5. The van der Waals surface area contributed by atoms with Crippen LogP contribution in [0.25, 0.3) is 0 Å². The Bertz CT molecular complexity index is 1120. The maximum absolute atomic E-state index is 12.9. The lowest BCUT2D eigenvalue weighted by molar-refractivity contribution is -0.135. The molecule has 0 bridgehead atoms. The van der Waals surface area contributed by atoms with Crippen LogP contribution in [0.1, 0.15) is 27.0 Å². The van der Waals surface area contributed by atoms with Gasteiger partial charge in [-0.15, -0.1) is 0 Å². The molecule has 0 fully saturated rings. The van der Waals surface area contributed by atoms with Crippen molar-refractivity contribution in [1.29, 1.82) is 0 Å². The third kappa shape index (κ3) is 5.07. The molecule has 0 aliphatic rings. The predicted molar refractivity (Wildman–Crippen MR) is 108 cm³/mol. The Morgan fingerprint density at radius 3 is 2.03 bits per heavy atom. The smallest absolute Gasteiger partial charge is 0.371 e. The van der Waals surface area contributed by atoms with Gasteiger partial charge in [-0.1, -0.05) is 60.7 Å². The highest BCUT2D eigenvalue weighted by Gasteiger charge is 2.16. The zero-order chi connectivity index (χ0) is 20.8. The van der Waals surface area contributed by atoms with E-state index in [1.807, 2.05) is 60.7 Å². The van der Waals surface area contributed by atoms with E-state index in [1.165, 1.54) is 10.6 Å². The number of rotatable bonds is 7. The van der Waals surface area contributed by atoms with Gasteiger partial charge >= 0.3 is 5.97 Å². The quantitative estimate of drug-likeness (QED) is 0.367. The lowest BCUT2D eigenvalue weighted by Crippen LogP contribution is -2.27. The van der Waals surface area contributed by atoms with Crippen LogP contribution in [0, 0.1) is 0 Å². The number of aliphatic hydroxyl groups is 1. The number of hydrogen-bond acceptors (Lipinski definition) is 4. The summed E-state index contributed by atoms with van der Waals surface area (Å²) in [7, 11) is 0. The van der Waals surface area contributed by atoms with Gasteiger partial charge < -0.3 is 14.8 Å². The molecule has 1 aromatic heterocycles. The average molecular weight is 389 g/mol. The van der Waals surface area contributed by atoms with Gasteiger partial charge in [0.25, 0.3) is 5.56 Å². The van der Waals surface area contributed by atoms with Crippen molar-refractivity contribution in [3.63, 3.8) is 0 Å². The van der Waals surface area contributed by atoms with Crippen molar-refractivity contribution < 1.29 is 19.8 Å². The number of carbonyl (C=O) groups is 2. The minimum Gasteiger partial charge on any atom is -0.502 e. The maximum Gasteiger partial charge on any atom is 0.371 e. The first-order chi connectivity index (χ1) is 13.9. The van der Waals surface area contributed by atoms with Gasteiger partial charge in [-0.05, 0) is 29.2 Å². The number of carboxylic acids is 1. The Hall–Kier alpha value is -3.93. The summed E-state index contributed by atoms with van der Waals surface area (Å²) in [5.74, 6) is -3.60. The van der Waals surface area contributed by atoms with E-state index < -0.39 is 23.1 Å². The molecule has 0 unspecified atom stereocenters. The monoisotopic (exact) mass is 389 g/mol. The van der Waals surface area contributed by atoms with Crippen LogP contribution in [0.15, 0.2) is 89.6 Å². The summed E-state index contributed by atoms with van der Waals surface area (Å²) in [5, 5.41) is 18.2. The fourth-order valence-corrected chi connectivity index (χ4v) is 2.96. The van der Waals surface area contributed by atoms with Crippen LogP contribution in [0.5, 0.6) is 0 Å². The van der Waals surface area contributed by atoms with Crippen molar-refractivity contribution in [2.45, 2.75) is 13.0 Å². The second-order valence-corrected chi connectivity index (χ2v) is 6.54. The van der Waals surface area contributed by atoms with E-state index in [-0.39, 0.29) is 12.1 Å². The summed E-state index contributed by atoms with van der Waals surface area (Å²) in [6.45, 7) is 0.261. The van der Waals surface area contributed by atoms with Gasteiger partial charge in [0.05, 0.1) is 12.1 Å². The van der Waals surface area contributed by atoms with Gasteiger partial charge in [0, 0.05) is 12.3 Å². The van der Waals surface area contributed by atoms with Crippen molar-refractivity contribution in [2.24, 2.45) is 0 Å². The van der Waals surface area contributed by atoms with Crippen LogP contribution in [-0.2, 0) is 17.8 Å². The minimum absolute atomic E-state index is 0.192. The highest BCUT2D eigenvalue weighted by molar-refractivity contribution is 6.07. The maximum atomic E-state index is 12.9. The number of allylic oxidation sites excluding steroid dienone is 1. The van der Waals surface area contributed by atoms with Gasteiger partial charge in [0.2, 0.25) is 5.76 Å². The SMILES string of the molecule is O=C(O)C(O)=CC(=O)c1cc(Cc2ccccc2)cn(Cc2ccccc2)c1=O. The number of carboxylic acid groups (broad SMARTS) is 1. The van der Waals surface area contributed by atoms with Crippen LogP contribution in [0.2, 0.25) is 0 Å². The molecule has 6 heteroatoms. The normalized spacial score (nSPS) is 11.2. The molecular weight excluding hydrogens is 370 g/mol. The largest absolute Gasteiger partial charge is 0.502 e. The van der Waals surface area contributed by atoms with Crippen molar-refractivity contribution in [3.8, 4) is 0 Å². The molecule has 3 rings (SSSR count). The second kappa shape index (κ2) is 8.84. The Balaban J connectivity index is 2.06. The number of aliphatic carboxylic acids is 1. The van der Waals surface area contributed by atoms with Crippen molar-refractivity contribution in [2.75, 3.05) is 0 Å². The lowest BCUT2D eigenvalue weighted by atomic mass is 10.0. The molecule has 0 radical (unpaired) electrons. The Morgan fingerprint density at radius 2 is 1.45 bits per heavy atom. The number of pyridine rings is 1. The van der Waals surface area contributed by atoms with E-state index in [9.17, 15) is 19.5 Å². The zero-order valence-corrected chi connectivity index (χ0v) is 15.5. The van der Waals surface area contributed by atoms with Crippen LogP contribution in [-0.4, -0.2) is 26.5 Å². The van der Waals surface area contributed by atoms with Crippen LogP contribution >= 0.6 is 0 Å². The molecule has 0 spiro atoms. The highest BCUT2D eigenvalue weighted by Crippen LogP contribution is 2.12. The molecule has 0 amide bonds. The van der Waals surface area contributed by atoms with Crippen molar-refractivity contribution in [1.82, 2.24) is 4.57 Å². The van der Waals surface area contributed by atoms with E-state index in [0.29, 0.717) is 12.5 Å². The van der Waals surface area contributed by atoms with Crippen LogP contribution in [0.3, 0.4) is 0 Å². The minimum atomic E-state index is -1.64. The third-order valence-electron chi connectivity index (χ3n) is 4.34. The van der Waals surface area contributed by atoms with E-state index in [0.717, 1.165) is 16.7 Å². The average Bonchev–Trinajstić information content (AvgIpc) is 2.71. The molecule has 1 heterocycles. The molecule has 0 aliphatic heterocycles. The number of hydrogen-bond donors (Lipinski definition) is 2. The number of carbonyl (C=O) groups excluding carboxylic acids is 1. The van der Waals surface area contributed by atoms with Gasteiger partial charge in [-0.2, -0.15) is 0 Å². The van der Waals surface area contributed by atoms with Gasteiger partial charge in [0.15, 0.2) is 5.78 Å². The fourth-order valence-electron chi connectivity index (χ4n) is 2.96. The molecule has 2 aromatic carbocycles.